The lowest BCUT2D eigenvalue weighted by atomic mass is 9.97. The molecule has 5 nitrogen and oxygen atoms in total. The van der Waals surface area contributed by atoms with E-state index >= 15 is 0 Å². The van der Waals surface area contributed by atoms with Crippen LogP contribution in [0.1, 0.15) is 70.1 Å². The van der Waals surface area contributed by atoms with Gasteiger partial charge in [-0.1, -0.05) is 88.6 Å². The van der Waals surface area contributed by atoms with Crippen molar-refractivity contribution >= 4 is 22.7 Å². The van der Waals surface area contributed by atoms with E-state index in [4.69, 9.17) is 0 Å². The number of hydrogen-bond acceptors (Lipinski definition) is 2. The lowest BCUT2D eigenvalue weighted by Crippen LogP contribution is -2.46. The normalized spacial score (nSPS) is 12.2. The first-order valence-electron chi connectivity index (χ1n) is 14.0. The number of fused-ring (bicyclic) bond motifs is 1. The maximum Gasteiger partial charge on any atom is 0.242 e. The van der Waals surface area contributed by atoms with Gasteiger partial charge in [0.1, 0.15) is 0 Å². The molecule has 0 aliphatic carbocycles. The molecule has 1 aromatic heterocycles. The summed E-state index contributed by atoms with van der Waals surface area (Å²) in [6, 6.07) is 16.6. The van der Waals surface area contributed by atoms with E-state index in [0.29, 0.717) is 25.6 Å². The van der Waals surface area contributed by atoms with Gasteiger partial charge in [0, 0.05) is 42.7 Å². The maximum atomic E-state index is 13.8. The van der Waals surface area contributed by atoms with Crippen LogP contribution in [0.4, 0.5) is 0 Å². The van der Waals surface area contributed by atoms with Gasteiger partial charge in [0.2, 0.25) is 11.8 Å². The van der Waals surface area contributed by atoms with Crippen molar-refractivity contribution in [2.45, 2.75) is 73.3 Å². The smallest absolute Gasteiger partial charge is 0.242 e. The third-order valence-corrected chi connectivity index (χ3v) is 7.14. The lowest BCUT2D eigenvalue weighted by Gasteiger charge is -2.31. The predicted molar refractivity (Wildman–Crippen MR) is 153 cm³/mol. The molecule has 3 aromatic rings. The van der Waals surface area contributed by atoms with E-state index in [2.05, 4.69) is 76.0 Å². The Kier molecular flexibility index (Phi) is 10.8. The molecule has 1 N–H and O–H groups in total. The molecule has 0 unspecified atom stereocenters. The van der Waals surface area contributed by atoms with E-state index in [1.165, 1.54) is 16.5 Å². The highest BCUT2D eigenvalue weighted by Gasteiger charge is 2.27. The van der Waals surface area contributed by atoms with E-state index < -0.39 is 0 Å². The number of carbonyl (C=O) groups excluding carboxylic acids is 2. The van der Waals surface area contributed by atoms with Crippen LogP contribution in [0.2, 0.25) is 0 Å². The number of rotatable bonds is 14. The van der Waals surface area contributed by atoms with Crippen LogP contribution in [-0.2, 0) is 22.6 Å². The van der Waals surface area contributed by atoms with Crippen LogP contribution in [0.15, 0.2) is 54.7 Å². The Bertz CT molecular complexity index is 1130. The molecule has 2 amide bonds. The maximum absolute atomic E-state index is 13.8. The number of nitrogens with zero attached hydrogens (tertiary/aromatic N) is 2. The summed E-state index contributed by atoms with van der Waals surface area (Å²) in [7, 11) is 0. The number of amides is 2. The fraction of sp³-hybridized carbons (Fsp3) is 0.500. The number of para-hydroxylation sites is 1. The lowest BCUT2D eigenvalue weighted by molar-refractivity contribution is -0.144. The van der Waals surface area contributed by atoms with Crippen LogP contribution in [0, 0.1) is 18.8 Å². The number of aromatic amines is 1. The zero-order valence-electron chi connectivity index (χ0n) is 23.4. The third kappa shape index (κ3) is 8.21. The minimum atomic E-state index is -0.0109. The van der Waals surface area contributed by atoms with Gasteiger partial charge in [-0.15, -0.1) is 0 Å². The molecular formula is C32H45N3O2. The Morgan fingerprint density at radius 2 is 1.70 bits per heavy atom. The molecule has 0 fully saturated rings. The van der Waals surface area contributed by atoms with Crippen LogP contribution >= 0.6 is 0 Å². The van der Waals surface area contributed by atoms with Crippen molar-refractivity contribution in [2.24, 2.45) is 11.8 Å². The van der Waals surface area contributed by atoms with Crippen molar-refractivity contribution in [2.75, 3.05) is 19.6 Å². The van der Waals surface area contributed by atoms with Gasteiger partial charge in [-0.3, -0.25) is 9.59 Å². The fourth-order valence-corrected chi connectivity index (χ4v) is 4.95. The number of H-pyrrole nitrogens is 1. The second kappa shape index (κ2) is 14.0. The van der Waals surface area contributed by atoms with Crippen molar-refractivity contribution in [3.8, 4) is 0 Å². The van der Waals surface area contributed by atoms with Gasteiger partial charge in [-0.25, -0.2) is 0 Å². The van der Waals surface area contributed by atoms with Crippen molar-refractivity contribution in [3.05, 3.63) is 71.4 Å². The molecule has 37 heavy (non-hydrogen) atoms. The molecule has 1 heterocycles. The molecule has 0 spiro atoms. The number of carbonyl (C=O) groups is 2. The zero-order valence-corrected chi connectivity index (χ0v) is 23.4. The van der Waals surface area contributed by atoms with E-state index in [-0.39, 0.29) is 24.3 Å². The molecule has 0 saturated carbocycles. The van der Waals surface area contributed by atoms with Gasteiger partial charge >= 0.3 is 0 Å². The van der Waals surface area contributed by atoms with E-state index in [1.807, 2.05) is 28.1 Å². The highest BCUT2D eigenvalue weighted by Crippen LogP contribution is 2.20. The van der Waals surface area contributed by atoms with Gasteiger partial charge in [0.25, 0.3) is 0 Å². The number of benzene rings is 2. The summed E-state index contributed by atoms with van der Waals surface area (Å²) < 4.78 is 0. The topological polar surface area (TPSA) is 56.4 Å². The SMILES string of the molecule is CCCC[C@H](CC)C(=O)N(CC(=O)N(CCc1c[nH]c2ccccc12)Cc1ccc(C)cc1)CC(C)C. The molecule has 5 heteroatoms. The van der Waals surface area contributed by atoms with Crippen molar-refractivity contribution in [1.29, 1.82) is 0 Å². The van der Waals surface area contributed by atoms with E-state index in [9.17, 15) is 9.59 Å². The Morgan fingerprint density at radius 1 is 0.973 bits per heavy atom. The summed E-state index contributed by atoms with van der Waals surface area (Å²) in [4.78, 5) is 34.4. The monoisotopic (exact) mass is 503 g/mol. The minimum Gasteiger partial charge on any atom is -0.361 e. The molecule has 0 aliphatic heterocycles. The molecule has 1 atom stereocenters. The van der Waals surface area contributed by atoms with Crippen molar-refractivity contribution in [1.82, 2.24) is 14.8 Å². The van der Waals surface area contributed by atoms with Gasteiger partial charge in [0.05, 0.1) is 6.54 Å². The summed E-state index contributed by atoms with van der Waals surface area (Å²) in [6.07, 6.45) is 6.63. The van der Waals surface area contributed by atoms with Gasteiger partial charge in [-0.2, -0.15) is 0 Å². The van der Waals surface area contributed by atoms with Gasteiger partial charge < -0.3 is 14.8 Å². The Labute approximate surface area is 223 Å². The quantitative estimate of drug-likeness (QED) is 0.265. The fourth-order valence-electron chi connectivity index (χ4n) is 4.95. The molecule has 0 saturated heterocycles. The first-order valence-corrected chi connectivity index (χ1v) is 14.0. The zero-order chi connectivity index (χ0) is 26.8. The number of aryl methyl sites for hydroxylation is 1. The molecule has 2 aromatic carbocycles. The molecule has 200 valence electrons. The van der Waals surface area contributed by atoms with E-state index in [0.717, 1.165) is 43.2 Å². The van der Waals surface area contributed by atoms with Crippen LogP contribution in [0.25, 0.3) is 10.9 Å². The van der Waals surface area contributed by atoms with Crippen LogP contribution < -0.4 is 0 Å². The summed E-state index contributed by atoms with van der Waals surface area (Å²) in [5, 5.41) is 1.20. The van der Waals surface area contributed by atoms with Gasteiger partial charge in [0.15, 0.2) is 0 Å². The Balaban J connectivity index is 1.79. The highest BCUT2D eigenvalue weighted by atomic mass is 16.2. The second-order valence-corrected chi connectivity index (χ2v) is 10.8. The summed E-state index contributed by atoms with van der Waals surface area (Å²) in [6.45, 7) is 12.4. The van der Waals surface area contributed by atoms with Gasteiger partial charge in [-0.05, 0) is 49.3 Å². The summed E-state index contributed by atoms with van der Waals surface area (Å²) in [5.41, 5.74) is 4.62. The molecular weight excluding hydrogens is 458 g/mol. The number of nitrogens with one attached hydrogen (secondary N) is 1. The molecule has 0 aliphatic rings. The first-order chi connectivity index (χ1) is 17.8. The number of hydrogen-bond donors (Lipinski definition) is 1. The summed E-state index contributed by atoms with van der Waals surface area (Å²) in [5.74, 6) is 0.435. The minimum absolute atomic E-state index is 0.0109. The predicted octanol–water partition coefficient (Wildman–Crippen LogP) is 6.75. The average Bonchev–Trinajstić information content (AvgIpc) is 3.30. The molecule has 0 bridgehead atoms. The summed E-state index contributed by atoms with van der Waals surface area (Å²) >= 11 is 0. The molecule has 0 radical (unpaired) electrons. The number of unbranched alkanes of at least 4 members (excludes halogenated alkanes) is 1. The Morgan fingerprint density at radius 3 is 2.38 bits per heavy atom. The van der Waals surface area contributed by atoms with Crippen LogP contribution in [0.5, 0.6) is 0 Å². The van der Waals surface area contributed by atoms with E-state index in [1.54, 1.807) is 0 Å². The highest BCUT2D eigenvalue weighted by molar-refractivity contribution is 5.86. The average molecular weight is 504 g/mol. The largest absolute Gasteiger partial charge is 0.361 e. The second-order valence-electron chi connectivity index (χ2n) is 10.8. The van der Waals surface area contributed by atoms with Crippen LogP contribution in [-0.4, -0.2) is 46.2 Å². The standard InChI is InChI=1S/C32H45N3O2/c1-6-8-11-27(7-2)32(37)35(21-24(3)4)23-31(36)34(22-26-16-14-25(5)15-17-26)19-18-28-20-33-30-13-10-9-12-29(28)30/h9-10,12-17,20,24,27,33H,6-8,11,18-19,21-23H2,1-5H3/t27-/m0/s1. The van der Waals surface area contributed by atoms with Crippen molar-refractivity contribution in [3.63, 3.8) is 0 Å². The van der Waals surface area contributed by atoms with Crippen LogP contribution in [0.3, 0.4) is 0 Å². The van der Waals surface area contributed by atoms with Crippen molar-refractivity contribution < 1.29 is 9.59 Å². The number of aromatic nitrogens is 1. The third-order valence-electron chi connectivity index (χ3n) is 7.14. The molecule has 3 rings (SSSR count). The first kappa shape index (κ1) is 28.5. The Hall–Kier alpha value is -3.08.